The van der Waals surface area contributed by atoms with Crippen molar-refractivity contribution in [2.45, 2.75) is 204 Å². The summed E-state index contributed by atoms with van der Waals surface area (Å²) in [6, 6.07) is 26.1. The Morgan fingerprint density at radius 2 is 1.35 bits per heavy atom. The number of likely N-dealkylation sites (tertiary alicyclic amines) is 2. The summed E-state index contributed by atoms with van der Waals surface area (Å²) >= 11 is 0. The van der Waals surface area contributed by atoms with E-state index in [0.29, 0.717) is 72.4 Å². The average Bonchev–Trinajstić information content (AvgIpc) is 1.58. The number of H-pyrrole nitrogens is 2. The number of nitrogens with zero attached hydrogens (tertiary/aromatic N) is 8. The number of aromatic nitrogens is 7. The van der Waals surface area contributed by atoms with E-state index < -0.39 is 105 Å². The first-order chi connectivity index (χ1) is 57.0. The summed E-state index contributed by atoms with van der Waals surface area (Å²) in [6.07, 6.45) is 11.0. The molecule has 8 aromatic rings. The normalized spacial score (nSPS) is 24.0. The third-order valence-electron chi connectivity index (χ3n) is 24.2. The Balaban J connectivity index is 0.000000189. The quantitative estimate of drug-likeness (QED) is 0.0310. The number of fused-ring (bicyclic) bond motifs is 10. The first-order valence-electron chi connectivity index (χ1n) is 41.3. The van der Waals surface area contributed by atoms with Gasteiger partial charge >= 0.3 is 18.3 Å². The number of carbonyl (C=O) groups excluding carboxylic acids is 8. The van der Waals surface area contributed by atoms with Crippen LogP contribution < -0.4 is 40.2 Å². The molecule has 3 aliphatic carbocycles. The summed E-state index contributed by atoms with van der Waals surface area (Å²) in [5, 5.41) is 11.4. The van der Waals surface area contributed by atoms with Gasteiger partial charge in [-0.3, -0.25) is 28.7 Å². The van der Waals surface area contributed by atoms with Crippen LogP contribution >= 0.6 is 0 Å². The number of carbonyl (C=O) groups is 8. The van der Waals surface area contributed by atoms with Gasteiger partial charge in [0.05, 0.1) is 91.2 Å². The van der Waals surface area contributed by atoms with Crippen LogP contribution in [0.2, 0.25) is 0 Å². The summed E-state index contributed by atoms with van der Waals surface area (Å²) in [5.74, 6) is 0.155. The highest BCUT2D eigenvalue weighted by Crippen LogP contribution is 2.49. The summed E-state index contributed by atoms with van der Waals surface area (Å²) in [7, 11) is 0.247. The number of rotatable bonds is 18. The van der Waals surface area contributed by atoms with Crippen molar-refractivity contribution in [3.63, 3.8) is 0 Å². The molecule has 630 valence electrons. The zero-order valence-electron chi connectivity index (χ0n) is 68.7. The molecule has 0 unspecified atom stereocenters. The maximum absolute atomic E-state index is 14.6. The highest BCUT2D eigenvalue weighted by atomic mass is 32.2. The lowest BCUT2D eigenvalue weighted by molar-refractivity contribution is -0.143. The lowest BCUT2D eigenvalue weighted by atomic mass is 9.85. The first kappa shape index (κ1) is 82.5. The monoisotopic (exact) mass is 1650 g/mol. The van der Waals surface area contributed by atoms with Gasteiger partial charge in [-0.1, -0.05) is 110 Å². The third-order valence-corrected chi connectivity index (χ3v) is 26.0. The molecule has 16 rings (SSSR count). The average molecular weight is 1650 g/mol. The molecule has 0 spiro atoms. The molecule has 32 heteroatoms. The van der Waals surface area contributed by atoms with E-state index >= 15 is 0 Å². The lowest BCUT2D eigenvalue weighted by Crippen LogP contribution is -2.60. The van der Waals surface area contributed by atoms with Gasteiger partial charge in [-0.15, -0.1) is 6.58 Å². The lowest BCUT2D eigenvalue weighted by Gasteiger charge is -2.35. The highest BCUT2D eigenvalue weighted by Gasteiger charge is 2.62. The van der Waals surface area contributed by atoms with E-state index in [-0.39, 0.29) is 67.1 Å². The smallest absolute Gasteiger partial charge is 0.408 e. The maximum atomic E-state index is 14.6. The molecule has 0 radical (unpaired) electrons. The van der Waals surface area contributed by atoms with Crippen molar-refractivity contribution in [3.05, 3.63) is 139 Å². The van der Waals surface area contributed by atoms with Gasteiger partial charge in [0.2, 0.25) is 45.8 Å². The molecule has 9 heterocycles. The van der Waals surface area contributed by atoms with Gasteiger partial charge in [0.15, 0.2) is 0 Å². The minimum atomic E-state index is -3.90. The number of aromatic amines is 2. The molecule has 8 aliphatic rings. The Morgan fingerprint density at radius 1 is 0.706 bits per heavy atom. The summed E-state index contributed by atoms with van der Waals surface area (Å²) in [5.41, 5.74) is 6.98. The number of ether oxygens (including phenoxy) is 6. The molecule has 4 aromatic carbocycles. The van der Waals surface area contributed by atoms with Gasteiger partial charge in [-0.25, -0.2) is 42.7 Å². The third kappa shape index (κ3) is 17.2. The van der Waals surface area contributed by atoms with E-state index in [1.807, 2.05) is 101 Å². The van der Waals surface area contributed by atoms with E-state index in [2.05, 4.69) is 95.6 Å². The highest BCUT2D eigenvalue weighted by molar-refractivity contribution is 7.91. The topological polar surface area (TPSA) is 384 Å². The van der Waals surface area contributed by atoms with Crippen molar-refractivity contribution in [1.29, 1.82) is 0 Å². The number of benzene rings is 4. The van der Waals surface area contributed by atoms with Gasteiger partial charge < -0.3 is 78.9 Å². The van der Waals surface area contributed by atoms with Gasteiger partial charge in [-0.2, -0.15) is 0 Å². The molecule has 3 saturated heterocycles. The van der Waals surface area contributed by atoms with Crippen molar-refractivity contribution < 1.29 is 75.2 Å². The van der Waals surface area contributed by atoms with Crippen molar-refractivity contribution in [1.82, 2.24) is 75.2 Å². The van der Waals surface area contributed by atoms with Crippen molar-refractivity contribution in [2.75, 3.05) is 41.0 Å². The second-order valence-corrected chi connectivity index (χ2v) is 36.2. The number of amides is 8. The van der Waals surface area contributed by atoms with Crippen LogP contribution in [0.3, 0.4) is 0 Å². The summed E-state index contributed by atoms with van der Waals surface area (Å²) < 4.78 is 64.1. The molecule has 119 heavy (non-hydrogen) atoms. The van der Waals surface area contributed by atoms with Crippen LogP contribution in [0, 0.1) is 29.1 Å². The number of aryl methyl sites for hydroxylation is 1. The largest absolute Gasteiger partial charge is 0.497 e. The Labute approximate surface area is 690 Å². The zero-order chi connectivity index (χ0) is 84.1. The molecular formula is C87H105N15O16S. The number of methoxy groups -OCH3 is 3. The summed E-state index contributed by atoms with van der Waals surface area (Å²) in [4.78, 5) is 139. The molecular weight excluding hydrogens is 1540 g/mol. The number of alkyl carbamates (subject to hydrolysis) is 3. The van der Waals surface area contributed by atoms with Gasteiger partial charge in [0, 0.05) is 59.1 Å². The molecule has 5 aliphatic heterocycles. The minimum Gasteiger partial charge on any atom is -0.497 e. The van der Waals surface area contributed by atoms with Gasteiger partial charge in [-0.05, 0) is 136 Å². The van der Waals surface area contributed by atoms with Gasteiger partial charge in [0.25, 0.3) is 5.91 Å². The van der Waals surface area contributed by atoms with Crippen LogP contribution in [0.4, 0.5) is 14.4 Å². The molecule has 8 amide bonds. The summed E-state index contributed by atoms with van der Waals surface area (Å²) in [6.45, 7) is 17.9. The molecule has 7 N–H and O–H groups in total. The second kappa shape index (κ2) is 33.7. The predicted molar refractivity (Wildman–Crippen MR) is 440 cm³/mol. The fraction of sp³-hybridized carbons (Fsp3) is 0.494. The van der Waals surface area contributed by atoms with Crippen LogP contribution in [0.1, 0.15) is 173 Å². The SMILES string of the molecule is C=C[C@@H]1C[C@]1(NC(=O)[C@@H]1C[C@@H]2CN1C(=O)[C@H](C(C)(C)C)NC(=O)O[C@@H]1C[C@H]1CCCCCc1nc3ccc(OC)cc3nc1O2)C(=O)NS(=O)(=O)C1CC1.COC(=O)N[C@H](C(=O)N1CCC[C@H]1c1ncc(-c2ccc3c(c2)O[C@@H](c2ccccc2)n2c-3cc3cc(-c4cnc([C@@H]5CCCN5C(=O)[C@@H](NC(=O)OC)C(C)C)[nH]4)ccc32)[nH]1)C(C)C. The molecule has 6 fully saturated rings. The molecule has 3 saturated carbocycles. The van der Waals surface area contributed by atoms with Crippen LogP contribution in [0.15, 0.2) is 116 Å². The molecule has 2 bridgehead atoms. The van der Waals surface area contributed by atoms with Crippen molar-refractivity contribution in [3.8, 4) is 51.2 Å². The number of imidazole rings is 2. The number of nitrogens with one attached hydrogen (secondary N) is 7. The number of hydrogen-bond donors (Lipinski definition) is 7. The Hall–Kier alpha value is -11.6. The molecule has 31 nitrogen and oxygen atoms in total. The van der Waals surface area contributed by atoms with E-state index in [0.717, 1.165) is 114 Å². The van der Waals surface area contributed by atoms with E-state index in [1.54, 1.807) is 19.4 Å². The Morgan fingerprint density at radius 3 is 1.96 bits per heavy atom. The van der Waals surface area contributed by atoms with E-state index in [1.165, 1.54) is 25.2 Å². The fourth-order valence-corrected chi connectivity index (χ4v) is 18.6. The number of sulfonamides is 1. The van der Waals surface area contributed by atoms with Crippen molar-refractivity contribution in [2.24, 2.45) is 29.1 Å². The first-order valence-corrected chi connectivity index (χ1v) is 42.8. The van der Waals surface area contributed by atoms with Crippen LogP contribution in [0.5, 0.6) is 17.4 Å². The minimum absolute atomic E-state index is 0.0245. The Bertz CT molecular complexity index is 5350. The predicted octanol–water partition coefficient (Wildman–Crippen LogP) is 11.4. The van der Waals surface area contributed by atoms with Gasteiger partial charge in [0.1, 0.15) is 70.8 Å². The molecule has 12 atom stereocenters. The Kier molecular flexibility index (Phi) is 23.4. The molecule has 4 aromatic heterocycles. The van der Waals surface area contributed by atoms with Crippen LogP contribution in [-0.2, 0) is 54.6 Å². The number of hydrogen-bond acceptors (Lipinski definition) is 20. The van der Waals surface area contributed by atoms with Crippen molar-refractivity contribution >= 4 is 79.8 Å². The maximum Gasteiger partial charge on any atom is 0.408 e. The second-order valence-electron chi connectivity index (χ2n) is 34.2. The van der Waals surface area contributed by atoms with E-state index in [4.69, 9.17) is 48.4 Å². The van der Waals surface area contributed by atoms with Crippen LogP contribution in [-0.4, -0.2) is 194 Å². The zero-order valence-corrected chi connectivity index (χ0v) is 69.5. The fourth-order valence-electron chi connectivity index (χ4n) is 17.2. The van der Waals surface area contributed by atoms with Crippen LogP contribution in [0.25, 0.3) is 55.7 Å². The standard InChI is InChI=1S/C49H55N9O7.C38H50N6O9S/c1-27(2)41(54-48(61)63-5)45(59)56-20-10-14-37(56)43-50-25-34(52-43)30-17-19-36-32(22-30)23-39-33-18-16-31(24-40(33)65-47(58(36)39)29-12-8-7-9-13-29)35-26-51-44(53-35)38-15-11-21-57(38)46(60)42(28(3)4)55-49(62)64-6;1-6-22-19-38(22,35(47)43-54(49,50)25-13-14-25)42-32(45)29-18-24-20-44(29)34(46)31(37(2,3)4)41-36(48)53-30-16-21(30)10-8-7-9-11-27-33(52-24)40-28-17-23(51-5)12-15-26(28)39-27/h7-9,12-13,16-19,22-28,37-38,41-42,47H,10-11,14-15,20-21H2,1-6H3,(H,50,52)(H,51,53)(H,54,61)(H,55,62);6,12,15,17,21-22,24-25,29-31H,1,7-11,13-14,16,18-20H2,2-5H3,(H,41,48)(H,42,45)(H,43,47)/t37-,38-,41-,42-,47-;21-,22-,24-,29+,30-,31-,38-/m01/s1. The van der Waals surface area contributed by atoms with E-state index in [9.17, 15) is 46.8 Å².